The summed E-state index contributed by atoms with van der Waals surface area (Å²) in [5.41, 5.74) is 20.0. The number of furan rings is 1. The minimum Gasteiger partial charge on any atom is -0.456 e. The summed E-state index contributed by atoms with van der Waals surface area (Å²) >= 11 is 0. The Kier molecular flexibility index (Phi) is 9.84. The van der Waals surface area contributed by atoms with E-state index in [4.69, 9.17) is 4.42 Å². The molecule has 0 saturated carbocycles. The normalized spacial score (nSPS) is 11.5. The van der Waals surface area contributed by atoms with Gasteiger partial charge >= 0.3 is 0 Å². The molecule has 0 radical (unpaired) electrons. The molecule has 13 aromatic rings. The summed E-state index contributed by atoms with van der Waals surface area (Å²) in [6.07, 6.45) is 0. The van der Waals surface area contributed by atoms with Crippen LogP contribution in [0.5, 0.6) is 0 Å². The van der Waals surface area contributed by atoms with E-state index in [-0.39, 0.29) is 0 Å². The summed E-state index contributed by atoms with van der Waals surface area (Å²) in [6, 6.07) is 96.1. The van der Waals surface area contributed by atoms with Crippen molar-refractivity contribution in [1.82, 2.24) is 4.57 Å². The highest BCUT2D eigenvalue weighted by atomic mass is 16.3. The number of hydrogen-bond acceptors (Lipinski definition) is 2. The number of nitrogens with zero attached hydrogens (tertiary/aromatic N) is 2. The Bertz CT molecular complexity index is 3960. The first-order valence-electron chi connectivity index (χ1n) is 23.6. The number of anilines is 3. The first kappa shape index (κ1) is 40.1. The topological polar surface area (TPSA) is 21.3 Å². The first-order chi connectivity index (χ1) is 34.2. The molecule has 0 bridgehead atoms. The number of para-hydroxylation sites is 5. The van der Waals surface area contributed by atoms with Gasteiger partial charge in [0, 0.05) is 44.0 Å². The van der Waals surface area contributed by atoms with Crippen molar-refractivity contribution >= 4 is 60.8 Å². The monoisotopic (exact) mass is 880 g/mol. The Labute approximate surface area is 401 Å². The summed E-state index contributed by atoms with van der Waals surface area (Å²) in [6.45, 7) is 0. The van der Waals surface area contributed by atoms with Crippen molar-refractivity contribution in [2.24, 2.45) is 0 Å². The molecule has 3 nitrogen and oxygen atoms in total. The van der Waals surface area contributed by atoms with Gasteiger partial charge in [0.05, 0.1) is 22.4 Å². The lowest BCUT2D eigenvalue weighted by molar-refractivity contribution is 0.669. The van der Waals surface area contributed by atoms with Crippen molar-refractivity contribution < 1.29 is 4.42 Å². The molecule has 3 heteroatoms. The molecular formula is C66H44N2O. The number of hydrogen-bond donors (Lipinski definition) is 0. The van der Waals surface area contributed by atoms with Crippen LogP contribution in [-0.2, 0) is 0 Å². The van der Waals surface area contributed by atoms with E-state index in [0.717, 1.165) is 78.1 Å². The predicted molar refractivity (Wildman–Crippen MR) is 290 cm³/mol. The van der Waals surface area contributed by atoms with Gasteiger partial charge in [-0.1, -0.05) is 194 Å². The summed E-state index contributed by atoms with van der Waals surface area (Å²) in [4.78, 5) is 2.42. The zero-order valence-electron chi connectivity index (χ0n) is 37.7. The van der Waals surface area contributed by atoms with Crippen molar-refractivity contribution in [3.05, 3.63) is 267 Å². The van der Waals surface area contributed by atoms with Crippen LogP contribution in [0.25, 0.3) is 105 Å². The van der Waals surface area contributed by atoms with E-state index in [0.29, 0.717) is 0 Å². The molecular weight excluding hydrogens is 837 g/mol. The standard InChI is InChI=1S/C66H44N2O/c1-2-16-45(17-3-1)46-32-34-48(35-33-46)55-22-4-9-27-61(55)67(62-28-10-5-23-56(62)52-38-41-60-59-26-8-13-31-65(59)69-66(60)44-52)53-39-36-47(37-40-53)49-18-14-19-50(42-49)51-20-15-21-54(43-51)68-63-29-11-6-24-57(63)58-25-7-12-30-64(58)68/h1-44H. The van der Waals surface area contributed by atoms with E-state index < -0.39 is 0 Å². The highest BCUT2D eigenvalue weighted by Crippen LogP contribution is 2.46. The van der Waals surface area contributed by atoms with Crippen molar-refractivity contribution in [2.45, 2.75) is 0 Å². The second-order valence-electron chi connectivity index (χ2n) is 17.7. The van der Waals surface area contributed by atoms with Crippen molar-refractivity contribution in [1.29, 1.82) is 0 Å². The summed E-state index contributed by atoms with van der Waals surface area (Å²) in [5, 5.41) is 4.76. The van der Waals surface area contributed by atoms with Crippen LogP contribution in [0.15, 0.2) is 271 Å². The molecule has 0 unspecified atom stereocenters. The fourth-order valence-electron chi connectivity index (χ4n) is 10.3. The average Bonchev–Trinajstić information content (AvgIpc) is 3.97. The highest BCUT2D eigenvalue weighted by molar-refractivity contribution is 6.09. The Morgan fingerprint density at radius 2 is 0.739 bits per heavy atom. The third kappa shape index (κ3) is 7.16. The molecule has 0 aliphatic rings. The van der Waals surface area contributed by atoms with Crippen LogP contribution in [-0.4, -0.2) is 4.57 Å². The average molecular weight is 881 g/mol. The van der Waals surface area contributed by atoms with Gasteiger partial charge in [-0.2, -0.15) is 0 Å². The molecule has 2 heterocycles. The van der Waals surface area contributed by atoms with Gasteiger partial charge in [0.1, 0.15) is 11.2 Å². The zero-order valence-corrected chi connectivity index (χ0v) is 37.7. The Hall–Kier alpha value is -9.18. The van der Waals surface area contributed by atoms with Gasteiger partial charge in [-0.3, -0.25) is 0 Å². The maximum absolute atomic E-state index is 6.43. The maximum atomic E-state index is 6.43. The summed E-state index contributed by atoms with van der Waals surface area (Å²) in [7, 11) is 0. The Morgan fingerprint density at radius 3 is 1.45 bits per heavy atom. The third-order valence-electron chi connectivity index (χ3n) is 13.6. The van der Waals surface area contributed by atoms with Crippen LogP contribution in [0.1, 0.15) is 0 Å². The highest BCUT2D eigenvalue weighted by Gasteiger charge is 2.22. The van der Waals surface area contributed by atoms with Crippen LogP contribution in [0.4, 0.5) is 17.1 Å². The van der Waals surface area contributed by atoms with Gasteiger partial charge in [0.2, 0.25) is 0 Å². The van der Waals surface area contributed by atoms with E-state index in [2.05, 4.69) is 264 Å². The summed E-state index contributed by atoms with van der Waals surface area (Å²) < 4.78 is 8.82. The predicted octanol–water partition coefficient (Wildman–Crippen LogP) is 18.5. The van der Waals surface area contributed by atoms with E-state index in [1.165, 1.54) is 44.1 Å². The van der Waals surface area contributed by atoms with Crippen molar-refractivity contribution in [3.63, 3.8) is 0 Å². The van der Waals surface area contributed by atoms with E-state index in [9.17, 15) is 0 Å². The largest absolute Gasteiger partial charge is 0.456 e. The molecule has 0 amide bonds. The van der Waals surface area contributed by atoms with E-state index in [1.807, 2.05) is 12.1 Å². The van der Waals surface area contributed by atoms with Gasteiger partial charge in [-0.15, -0.1) is 0 Å². The molecule has 0 aliphatic carbocycles. The van der Waals surface area contributed by atoms with Crippen molar-refractivity contribution in [3.8, 4) is 61.3 Å². The first-order valence-corrected chi connectivity index (χ1v) is 23.6. The molecule has 0 spiro atoms. The lowest BCUT2D eigenvalue weighted by Gasteiger charge is -2.30. The lowest BCUT2D eigenvalue weighted by Crippen LogP contribution is -2.12. The molecule has 0 atom stereocenters. The van der Waals surface area contributed by atoms with Gasteiger partial charge in [-0.25, -0.2) is 0 Å². The van der Waals surface area contributed by atoms with Gasteiger partial charge in [0.25, 0.3) is 0 Å². The van der Waals surface area contributed by atoms with Crippen LogP contribution in [0.3, 0.4) is 0 Å². The van der Waals surface area contributed by atoms with Gasteiger partial charge in [0.15, 0.2) is 0 Å². The van der Waals surface area contributed by atoms with Crippen LogP contribution in [0, 0.1) is 0 Å². The van der Waals surface area contributed by atoms with E-state index >= 15 is 0 Å². The quantitative estimate of drug-likeness (QED) is 0.144. The molecule has 0 fully saturated rings. The summed E-state index contributed by atoms with van der Waals surface area (Å²) in [5.74, 6) is 0. The molecule has 0 aliphatic heterocycles. The SMILES string of the molecule is c1ccc(-c2ccc(-c3ccccc3N(c3ccc(-c4cccc(-c5cccc(-n6c7ccccc7c7ccccc76)c5)c4)cc3)c3ccccc3-c3ccc4c(c3)oc3ccccc34)cc2)cc1. The molecule has 0 saturated heterocycles. The van der Waals surface area contributed by atoms with Gasteiger partial charge < -0.3 is 13.9 Å². The number of aromatic nitrogens is 1. The lowest BCUT2D eigenvalue weighted by atomic mass is 9.96. The Balaban J connectivity index is 0.904. The second kappa shape index (κ2) is 16.9. The molecule has 2 aromatic heterocycles. The van der Waals surface area contributed by atoms with Crippen LogP contribution < -0.4 is 4.90 Å². The molecule has 69 heavy (non-hydrogen) atoms. The minimum absolute atomic E-state index is 0.874. The second-order valence-corrected chi connectivity index (χ2v) is 17.7. The fraction of sp³-hybridized carbons (Fsp3) is 0. The zero-order chi connectivity index (χ0) is 45.7. The molecule has 324 valence electrons. The third-order valence-corrected chi connectivity index (χ3v) is 13.6. The molecule has 11 aromatic carbocycles. The smallest absolute Gasteiger partial charge is 0.136 e. The number of rotatable bonds is 9. The number of benzene rings is 11. The minimum atomic E-state index is 0.874. The van der Waals surface area contributed by atoms with Crippen LogP contribution in [0.2, 0.25) is 0 Å². The van der Waals surface area contributed by atoms with Crippen molar-refractivity contribution in [2.75, 3.05) is 4.90 Å². The van der Waals surface area contributed by atoms with E-state index in [1.54, 1.807) is 0 Å². The molecule has 0 N–H and O–H groups in total. The molecule has 13 rings (SSSR count). The fourth-order valence-corrected chi connectivity index (χ4v) is 10.3. The van der Waals surface area contributed by atoms with Gasteiger partial charge in [-0.05, 0) is 117 Å². The van der Waals surface area contributed by atoms with Crippen LogP contribution >= 0.6 is 0 Å². The maximum Gasteiger partial charge on any atom is 0.136 e. The number of fused-ring (bicyclic) bond motifs is 6. The Morgan fingerprint density at radius 1 is 0.275 bits per heavy atom.